The van der Waals surface area contributed by atoms with Gasteiger partial charge in [0.15, 0.2) is 6.10 Å². The third kappa shape index (κ3) is 34.2. The second kappa shape index (κ2) is 36.8. The number of unbranched alkanes of at least 4 members (excludes halogenated alkanes) is 12. The zero-order chi connectivity index (χ0) is 33.6. The Morgan fingerprint density at radius 2 is 0.935 bits per heavy atom. The van der Waals surface area contributed by atoms with Gasteiger partial charge in [-0.05, 0) is 83.5 Å². The predicted molar refractivity (Wildman–Crippen MR) is 196 cm³/mol. The summed E-state index contributed by atoms with van der Waals surface area (Å²) in [4.78, 5) is 24.2. The Hall–Kier alpha value is -2.66. The predicted octanol–water partition coefficient (Wildman–Crippen LogP) is 11.4. The molecule has 0 aromatic heterocycles. The molecule has 0 fully saturated rings. The van der Waals surface area contributed by atoms with Crippen molar-refractivity contribution in [2.75, 3.05) is 13.2 Å². The molecule has 0 aliphatic rings. The molecule has 46 heavy (non-hydrogen) atoms. The molecular formula is C41H68O5. The van der Waals surface area contributed by atoms with Crippen molar-refractivity contribution in [2.24, 2.45) is 0 Å². The van der Waals surface area contributed by atoms with E-state index in [2.05, 4.69) is 86.8 Å². The molecule has 0 bridgehead atoms. The highest BCUT2D eigenvalue weighted by Gasteiger charge is 2.16. The van der Waals surface area contributed by atoms with Crippen LogP contribution in [0.4, 0.5) is 0 Å². The van der Waals surface area contributed by atoms with E-state index >= 15 is 0 Å². The van der Waals surface area contributed by atoms with E-state index in [0.29, 0.717) is 12.8 Å². The van der Waals surface area contributed by atoms with Crippen molar-refractivity contribution < 1.29 is 24.2 Å². The van der Waals surface area contributed by atoms with Gasteiger partial charge in [0.2, 0.25) is 0 Å². The number of carbonyl (C=O) groups is 2. The summed E-state index contributed by atoms with van der Waals surface area (Å²) in [5.74, 6) is -0.646. The number of esters is 2. The summed E-state index contributed by atoms with van der Waals surface area (Å²) in [6.07, 6.45) is 48.1. The maximum atomic E-state index is 12.1. The molecule has 1 atom stereocenters. The summed E-state index contributed by atoms with van der Waals surface area (Å²) in [6.45, 7) is 3.95. The molecule has 0 heterocycles. The first-order valence-electron chi connectivity index (χ1n) is 18.5. The van der Waals surface area contributed by atoms with Gasteiger partial charge < -0.3 is 14.6 Å². The van der Waals surface area contributed by atoms with Gasteiger partial charge in [-0.2, -0.15) is 0 Å². The summed E-state index contributed by atoms with van der Waals surface area (Å²) < 4.78 is 10.5. The molecule has 0 radical (unpaired) electrons. The molecule has 0 amide bonds. The van der Waals surface area contributed by atoms with Crippen molar-refractivity contribution in [3.63, 3.8) is 0 Å². The monoisotopic (exact) mass is 641 g/mol. The summed E-state index contributed by atoms with van der Waals surface area (Å²) in [5, 5.41) is 9.53. The molecular weight excluding hydrogens is 572 g/mol. The first-order chi connectivity index (χ1) is 22.6. The third-order valence-corrected chi connectivity index (χ3v) is 7.48. The number of aliphatic hydroxyl groups is 1. The fraction of sp³-hybridized carbons (Fsp3) is 0.659. The van der Waals surface area contributed by atoms with Crippen LogP contribution in [0.5, 0.6) is 0 Å². The number of hydrogen-bond donors (Lipinski definition) is 1. The summed E-state index contributed by atoms with van der Waals surface area (Å²) in [7, 11) is 0. The van der Waals surface area contributed by atoms with Gasteiger partial charge in [0.25, 0.3) is 0 Å². The van der Waals surface area contributed by atoms with E-state index in [1.54, 1.807) is 0 Å². The average Bonchev–Trinajstić information content (AvgIpc) is 3.06. The van der Waals surface area contributed by atoms with Gasteiger partial charge in [-0.25, -0.2) is 0 Å². The van der Waals surface area contributed by atoms with Crippen molar-refractivity contribution >= 4 is 11.9 Å². The maximum Gasteiger partial charge on any atom is 0.306 e. The molecule has 262 valence electrons. The van der Waals surface area contributed by atoms with Crippen LogP contribution in [0.3, 0.4) is 0 Å². The molecule has 1 N–H and O–H groups in total. The average molecular weight is 641 g/mol. The van der Waals surface area contributed by atoms with Crippen molar-refractivity contribution in [3.8, 4) is 0 Å². The molecule has 0 unspecified atom stereocenters. The highest BCUT2D eigenvalue weighted by atomic mass is 16.6. The Morgan fingerprint density at radius 1 is 0.522 bits per heavy atom. The Balaban J connectivity index is 3.69. The van der Waals surface area contributed by atoms with Crippen molar-refractivity contribution in [3.05, 3.63) is 72.9 Å². The van der Waals surface area contributed by atoms with Crippen LogP contribution in [0.1, 0.15) is 155 Å². The van der Waals surface area contributed by atoms with Gasteiger partial charge in [0, 0.05) is 12.8 Å². The normalized spacial score (nSPS) is 13.0. The lowest BCUT2D eigenvalue weighted by Gasteiger charge is -2.15. The minimum absolute atomic E-state index is 0.0874. The molecule has 0 saturated heterocycles. The standard InChI is InChI=1S/C41H68O5/c1-3-5-7-9-11-13-15-17-18-19-20-21-22-24-26-28-30-32-34-36-41(44)46-39(37-42)38-45-40(43)35-33-31-29-27-25-23-16-14-12-10-8-6-4-2/h5,7,11,13-14,16-18,20-21,24,26,39,42H,3-4,6,8-10,12,15,19,22-23,25,27-38H2,1-2H3/b7-5-,13-11-,16-14-,18-17-,21-20-,26-24-/t39-/m0/s1. The molecule has 0 aromatic carbocycles. The van der Waals surface area contributed by atoms with Crippen LogP contribution in [0, 0.1) is 0 Å². The van der Waals surface area contributed by atoms with E-state index in [9.17, 15) is 14.7 Å². The molecule has 0 saturated carbocycles. The Morgan fingerprint density at radius 3 is 1.46 bits per heavy atom. The highest BCUT2D eigenvalue weighted by molar-refractivity contribution is 5.70. The maximum absolute atomic E-state index is 12.1. The van der Waals surface area contributed by atoms with Gasteiger partial charge in [-0.1, -0.05) is 132 Å². The van der Waals surface area contributed by atoms with Gasteiger partial charge in [-0.15, -0.1) is 0 Å². The minimum Gasteiger partial charge on any atom is -0.462 e. The van der Waals surface area contributed by atoms with Crippen LogP contribution in [0.15, 0.2) is 72.9 Å². The number of hydrogen-bond acceptors (Lipinski definition) is 5. The van der Waals surface area contributed by atoms with Crippen molar-refractivity contribution in [1.29, 1.82) is 0 Å². The Bertz CT molecular complexity index is 864. The topological polar surface area (TPSA) is 72.8 Å². The smallest absolute Gasteiger partial charge is 0.306 e. The zero-order valence-corrected chi connectivity index (χ0v) is 29.6. The largest absolute Gasteiger partial charge is 0.462 e. The number of allylic oxidation sites excluding steroid dienone is 12. The van der Waals surface area contributed by atoms with E-state index in [-0.39, 0.29) is 25.2 Å². The number of rotatable bonds is 32. The summed E-state index contributed by atoms with van der Waals surface area (Å²) >= 11 is 0. The van der Waals surface area contributed by atoms with E-state index < -0.39 is 6.10 Å². The summed E-state index contributed by atoms with van der Waals surface area (Å²) in [5.41, 5.74) is 0. The van der Waals surface area contributed by atoms with E-state index in [1.165, 1.54) is 44.9 Å². The van der Waals surface area contributed by atoms with Gasteiger partial charge in [0.1, 0.15) is 6.61 Å². The second-order valence-electron chi connectivity index (χ2n) is 11.9. The van der Waals surface area contributed by atoms with Crippen LogP contribution in [0.25, 0.3) is 0 Å². The molecule has 5 heteroatoms. The lowest BCUT2D eigenvalue weighted by molar-refractivity contribution is -0.161. The quantitative estimate of drug-likeness (QED) is 0.0450. The van der Waals surface area contributed by atoms with Crippen molar-refractivity contribution in [1.82, 2.24) is 0 Å². The minimum atomic E-state index is -0.794. The van der Waals surface area contributed by atoms with E-state index in [1.807, 2.05) is 0 Å². The van der Waals surface area contributed by atoms with Gasteiger partial charge in [0.05, 0.1) is 6.61 Å². The first-order valence-corrected chi connectivity index (χ1v) is 18.5. The molecule has 0 aromatic rings. The van der Waals surface area contributed by atoms with E-state index in [4.69, 9.17) is 9.47 Å². The van der Waals surface area contributed by atoms with Crippen LogP contribution >= 0.6 is 0 Å². The lowest BCUT2D eigenvalue weighted by atomic mass is 10.1. The van der Waals surface area contributed by atoms with Gasteiger partial charge in [-0.3, -0.25) is 9.59 Å². The number of carbonyl (C=O) groups excluding carboxylic acids is 2. The molecule has 0 rings (SSSR count). The van der Waals surface area contributed by atoms with E-state index in [0.717, 1.165) is 83.5 Å². The molecule has 5 nitrogen and oxygen atoms in total. The third-order valence-electron chi connectivity index (χ3n) is 7.48. The second-order valence-corrected chi connectivity index (χ2v) is 11.9. The number of ether oxygens (including phenoxy) is 2. The van der Waals surface area contributed by atoms with Crippen LogP contribution in [-0.4, -0.2) is 36.4 Å². The molecule has 0 spiro atoms. The van der Waals surface area contributed by atoms with Crippen LogP contribution in [-0.2, 0) is 19.1 Å². The van der Waals surface area contributed by atoms with Crippen LogP contribution < -0.4 is 0 Å². The summed E-state index contributed by atoms with van der Waals surface area (Å²) in [6, 6.07) is 0. The fourth-order valence-electron chi connectivity index (χ4n) is 4.69. The fourth-order valence-corrected chi connectivity index (χ4v) is 4.69. The Kier molecular flexibility index (Phi) is 34.7. The highest BCUT2D eigenvalue weighted by Crippen LogP contribution is 2.11. The molecule has 0 aliphatic heterocycles. The SMILES string of the molecule is CC/C=C\C/C=C\C/C=C\C/C=C\C/C=C\CCCCCC(=O)O[C@@H](CO)COC(=O)CCCCCCC/C=C\CCCCCC. The van der Waals surface area contributed by atoms with Gasteiger partial charge >= 0.3 is 11.9 Å². The Labute approximate surface area is 283 Å². The zero-order valence-electron chi connectivity index (χ0n) is 29.6. The molecule has 0 aliphatic carbocycles. The lowest BCUT2D eigenvalue weighted by Crippen LogP contribution is -2.28. The first kappa shape index (κ1) is 43.3. The number of aliphatic hydroxyl groups excluding tert-OH is 1. The van der Waals surface area contributed by atoms with Crippen molar-refractivity contribution in [2.45, 2.75) is 161 Å². The van der Waals surface area contributed by atoms with Crippen LogP contribution in [0.2, 0.25) is 0 Å².